The van der Waals surface area contributed by atoms with E-state index in [1.807, 2.05) is 6.20 Å². The summed E-state index contributed by atoms with van der Waals surface area (Å²) >= 11 is 0. The molecule has 0 radical (unpaired) electrons. The number of rotatable bonds is 7. The summed E-state index contributed by atoms with van der Waals surface area (Å²) in [5.74, 6) is 0. The number of para-hydroxylation sites is 3. The molecule has 3 heteroatoms. The van der Waals surface area contributed by atoms with Crippen LogP contribution in [0.5, 0.6) is 0 Å². The van der Waals surface area contributed by atoms with Crippen LogP contribution in [0.3, 0.4) is 0 Å². The van der Waals surface area contributed by atoms with E-state index in [4.69, 9.17) is 4.98 Å². The van der Waals surface area contributed by atoms with Crippen molar-refractivity contribution in [1.29, 1.82) is 0 Å². The summed E-state index contributed by atoms with van der Waals surface area (Å²) in [5.41, 5.74) is 24.9. The molecule has 0 atom stereocenters. The van der Waals surface area contributed by atoms with Crippen molar-refractivity contribution in [2.45, 2.75) is 0 Å². The standard InChI is InChI=1S/C59H37N3/c1-3-12-40(13-4-1)41-22-24-42(25-23-41)44-14-11-15-45(36-44)48-34-35-60-55(38-48)43-26-30-50(31-27-43)61-57-21-10-8-19-52(57)54-37-46(29-33-58(54)61)47-28-32-53-51-18-7-9-20-56(51)62(59(53)39-47)49-16-5-2-6-17-49/h1-26,28-30,32-39H. The average molecular weight is 788 g/mol. The van der Waals surface area contributed by atoms with Crippen molar-refractivity contribution in [1.82, 2.24) is 14.1 Å². The predicted octanol–water partition coefficient (Wildman–Crippen LogP) is 15.2. The van der Waals surface area contributed by atoms with Gasteiger partial charge in [0.1, 0.15) is 0 Å². The first-order valence-corrected chi connectivity index (χ1v) is 21.0. The molecule has 0 saturated heterocycles. The Bertz CT molecular complexity index is 3680. The fraction of sp³-hybridized carbons (Fsp3) is 0. The molecular formula is C59H37N3. The van der Waals surface area contributed by atoms with Crippen molar-refractivity contribution < 1.29 is 0 Å². The summed E-state index contributed by atoms with van der Waals surface area (Å²) in [7, 11) is 0. The number of hydrogen-bond acceptors (Lipinski definition) is 1. The van der Waals surface area contributed by atoms with Crippen molar-refractivity contribution in [2.75, 3.05) is 0 Å². The van der Waals surface area contributed by atoms with E-state index in [0.717, 1.165) is 44.8 Å². The van der Waals surface area contributed by atoms with Crippen LogP contribution in [0.4, 0.5) is 0 Å². The molecule has 0 N–H and O–H groups in total. The molecule has 3 heterocycles. The summed E-state index contributed by atoms with van der Waals surface area (Å²) in [4.78, 5) is 4.78. The molecule has 0 fully saturated rings. The third-order valence-electron chi connectivity index (χ3n) is 12.2. The number of allylic oxidation sites excluding steroid dienone is 4. The normalized spacial score (nSPS) is 12.4. The Kier molecular flexibility index (Phi) is 8.40. The van der Waals surface area contributed by atoms with Crippen molar-refractivity contribution in [3.63, 3.8) is 0 Å². The van der Waals surface area contributed by atoms with E-state index in [2.05, 4.69) is 239 Å². The van der Waals surface area contributed by atoms with E-state index in [9.17, 15) is 0 Å². The van der Waals surface area contributed by atoms with Gasteiger partial charge in [-0.1, -0.05) is 151 Å². The van der Waals surface area contributed by atoms with E-state index >= 15 is 0 Å². The number of fused-ring (bicyclic) bond motifs is 6. The highest BCUT2D eigenvalue weighted by Gasteiger charge is 2.17. The molecule has 62 heavy (non-hydrogen) atoms. The summed E-state index contributed by atoms with van der Waals surface area (Å²) in [6.45, 7) is 0. The van der Waals surface area contributed by atoms with Gasteiger partial charge in [0.05, 0.1) is 39.0 Å². The first-order chi connectivity index (χ1) is 30.7. The lowest BCUT2D eigenvalue weighted by Gasteiger charge is -2.11. The number of benzene rings is 8. The second-order valence-corrected chi connectivity index (χ2v) is 15.8. The molecule has 3 nitrogen and oxygen atoms in total. The predicted molar refractivity (Wildman–Crippen MR) is 259 cm³/mol. The van der Waals surface area contributed by atoms with Crippen LogP contribution < -0.4 is 0 Å². The van der Waals surface area contributed by atoms with Gasteiger partial charge >= 0.3 is 0 Å². The molecule has 0 bridgehead atoms. The van der Waals surface area contributed by atoms with Crippen LogP contribution in [0, 0.1) is 0 Å². The lowest BCUT2D eigenvalue weighted by atomic mass is 9.97. The zero-order valence-electron chi connectivity index (χ0n) is 33.7. The average Bonchev–Trinajstić information content (AvgIpc) is 3.87. The van der Waals surface area contributed by atoms with Crippen LogP contribution >= 0.6 is 0 Å². The van der Waals surface area contributed by atoms with Gasteiger partial charge in [-0.15, -0.1) is 0 Å². The van der Waals surface area contributed by atoms with E-state index in [1.54, 1.807) is 0 Å². The first-order valence-electron chi connectivity index (χ1n) is 21.0. The van der Waals surface area contributed by atoms with E-state index in [0.29, 0.717) is 0 Å². The van der Waals surface area contributed by atoms with E-state index in [-0.39, 0.29) is 0 Å². The quantitative estimate of drug-likeness (QED) is 0.148. The molecule has 11 aromatic rings. The number of nitrogens with zero attached hydrogens (tertiary/aromatic N) is 3. The fourth-order valence-electron chi connectivity index (χ4n) is 9.20. The molecule has 0 unspecified atom stereocenters. The van der Waals surface area contributed by atoms with Gasteiger partial charge in [-0.25, -0.2) is 0 Å². The number of aromatic nitrogens is 3. The highest BCUT2D eigenvalue weighted by molar-refractivity contribution is 6.13. The van der Waals surface area contributed by atoms with Gasteiger partial charge in [-0.3, -0.25) is 4.98 Å². The molecule has 1 aliphatic rings. The largest absolute Gasteiger partial charge is 0.309 e. The van der Waals surface area contributed by atoms with Gasteiger partial charge in [0.15, 0.2) is 0 Å². The topological polar surface area (TPSA) is 22.8 Å². The fourth-order valence-corrected chi connectivity index (χ4v) is 9.20. The van der Waals surface area contributed by atoms with Gasteiger partial charge in [0.2, 0.25) is 0 Å². The Labute approximate surface area is 359 Å². The molecule has 0 aliphatic heterocycles. The molecule has 8 aromatic carbocycles. The molecule has 0 spiro atoms. The highest BCUT2D eigenvalue weighted by atomic mass is 15.0. The minimum atomic E-state index is 0.859. The van der Waals surface area contributed by atoms with Gasteiger partial charge in [0, 0.05) is 33.4 Å². The first kappa shape index (κ1) is 35.5. The zero-order valence-corrected chi connectivity index (χ0v) is 33.7. The lowest BCUT2D eigenvalue weighted by molar-refractivity contribution is 1.18. The molecule has 3 aromatic heterocycles. The summed E-state index contributed by atoms with van der Waals surface area (Å²) in [5, 5.41) is 4.90. The van der Waals surface area contributed by atoms with Crippen molar-refractivity contribution in [3.8, 4) is 50.2 Å². The van der Waals surface area contributed by atoms with Crippen LogP contribution in [-0.2, 0) is 0 Å². The number of pyridine rings is 1. The third kappa shape index (κ3) is 6.05. The lowest BCUT2D eigenvalue weighted by Crippen LogP contribution is -1.96. The molecule has 0 amide bonds. The molecule has 288 valence electrons. The summed E-state index contributed by atoms with van der Waals surface area (Å²) < 4.78 is 4.68. The monoisotopic (exact) mass is 787 g/mol. The Morgan fingerprint density at radius 1 is 0.323 bits per heavy atom. The Morgan fingerprint density at radius 3 is 1.61 bits per heavy atom. The van der Waals surface area contributed by atoms with Crippen LogP contribution in [-0.4, -0.2) is 14.1 Å². The summed E-state index contributed by atoms with van der Waals surface area (Å²) in [6, 6.07) is 73.9. The third-order valence-corrected chi connectivity index (χ3v) is 12.2. The number of hydrogen-bond donors (Lipinski definition) is 0. The van der Waals surface area contributed by atoms with E-state index in [1.165, 1.54) is 66.0 Å². The second-order valence-electron chi connectivity index (χ2n) is 15.8. The Balaban J connectivity index is 0.898. The van der Waals surface area contributed by atoms with E-state index < -0.39 is 0 Å². The van der Waals surface area contributed by atoms with Crippen molar-refractivity contribution >= 4 is 54.9 Å². The van der Waals surface area contributed by atoms with Gasteiger partial charge in [-0.2, -0.15) is 0 Å². The van der Waals surface area contributed by atoms with Crippen LogP contribution in [0.1, 0.15) is 5.69 Å². The maximum Gasteiger partial charge on any atom is 0.0974 e. The van der Waals surface area contributed by atoms with Crippen molar-refractivity contribution in [2.24, 2.45) is 0 Å². The van der Waals surface area contributed by atoms with Crippen molar-refractivity contribution in [3.05, 3.63) is 242 Å². The zero-order chi connectivity index (χ0) is 41.0. The maximum atomic E-state index is 4.78. The minimum absolute atomic E-state index is 0.859. The van der Waals surface area contributed by atoms with Crippen LogP contribution in [0.15, 0.2) is 236 Å². The molecular weight excluding hydrogens is 751 g/mol. The smallest absolute Gasteiger partial charge is 0.0974 e. The molecule has 1 aliphatic carbocycles. The molecule has 0 saturated carbocycles. The highest BCUT2D eigenvalue weighted by Crippen LogP contribution is 2.39. The SMILES string of the molecule is C1=C=C(n2c3ccccc3c3cc(-c4ccc5c6ccccc6n(-c6ccccc6)c5c4)ccc32)C=CC=1c1cc(-c2cccc(-c3ccc(-c4ccccc4)cc3)c2)ccn1. The maximum absolute atomic E-state index is 4.78. The summed E-state index contributed by atoms with van der Waals surface area (Å²) in [6.07, 6.45) is 6.13. The molecule has 12 rings (SSSR count). The second kappa shape index (κ2) is 14.7. The minimum Gasteiger partial charge on any atom is -0.309 e. The van der Waals surface area contributed by atoms with Gasteiger partial charge in [-0.05, 0) is 123 Å². The van der Waals surface area contributed by atoms with Gasteiger partial charge < -0.3 is 9.13 Å². The Morgan fingerprint density at radius 2 is 0.855 bits per heavy atom. The Hall–Kier alpha value is -8.45. The van der Waals surface area contributed by atoms with Crippen LogP contribution in [0.25, 0.3) is 105 Å². The van der Waals surface area contributed by atoms with Gasteiger partial charge in [0.25, 0.3) is 0 Å². The van der Waals surface area contributed by atoms with Crippen LogP contribution in [0.2, 0.25) is 0 Å².